The summed E-state index contributed by atoms with van der Waals surface area (Å²) < 4.78 is 26.0. The van der Waals surface area contributed by atoms with Crippen molar-refractivity contribution in [3.8, 4) is 45.4 Å². The molecule has 0 bridgehead atoms. The zero-order valence-electron chi connectivity index (χ0n) is 22.5. The topological polar surface area (TPSA) is 105 Å². The molecule has 6 heterocycles. The average Bonchev–Trinajstić information content (AvgIpc) is 3.76. The van der Waals surface area contributed by atoms with Crippen LogP contribution in [0.5, 0.6) is 11.5 Å². The minimum atomic E-state index is -0.362. The fourth-order valence-electron chi connectivity index (χ4n) is 5.44. The predicted molar refractivity (Wildman–Crippen MR) is 155 cm³/mol. The van der Waals surface area contributed by atoms with Crippen LogP contribution in [0.15, 0.2) is 67.3 Å². The van der Waals surface area contributed by atoms with Crippen LogP contribution < -0.4 is 9.47 Å². The number of hydrogen-bond acceptors (Lipinski definition) is 7. The van der Waals surface area contributed by atoms with Crippen LogP contribution in [0.3, 0.4) is 0 Å². The average molecular weight is 550 g/mol. The first-order valence-corrected chi connectivity index (χ1v) is 13.6. The first-order chi connectivity index (χ1) is 20.1. The lowest BCUT2D eigenvalue weighted by atomic mass is 10.1. The summed E-state index contributed by atoms with van der Waals surface area (Å²) in [6.07, 6.45) is 9.34. The normalized spacial score (nSPS) is 13.8. The third kappa shape index (κ3) is 4.98. The molecule has 2 N–H and O–H groups in total. The molecule has 0 atom stereocenters. The van der Waals surface area contributed by atoms with Gasteiger partial charge in [0.2, 0.25) is 0 Å². The van der Waals surface area contributed by atoms with Gasteiger partial charge in [-0.1, -0.05) is 0 Å². The monoisotopic (exact) mass is 549 g/mol. The molecular formula is C31H28FN7O2. The number of ether oxygens (including phenoxy) is 2. The molecule has 0 amide bonds. The maximum Gasteiger partial charge on any atom is 0.137 e. The van der Waals surface area contributed by atoms with Crippen LogP contribution in [0, 0.1) is 5.82 Å². The summed E-state index contributed by atoms with van der Waals surface area (Å²) in [6.45, 7) is 3.55. The zero-order valence-corrected chi connectivity index (χ0v) is 22.5. The van der Waals surface area contributed by atoms with Crippen molar-refractivity contribution < 1.29 is 13.9 Å². The van der Waals surface area contributed by atoms with Crippen LogP contribution in [0.4, 0.5) is 4.39 Å². The first-order valence-electron chi connectivity index (χ1n) is 13.6. The van der Waals surface area contributed by atoms with Gasteiger partial charge in [-0.3, -0.25) is 25.0 Å². The standard InChI is InChI=1S/C31H28FN7O2/c1-40-23-12-20(16-33-17-23)27-14-25-29(18-35-27)37-38-31(25)28-15-24-26(36-28)4-5-34-30(24)19-10-21(32)13-22(11-19)41-9-8-39-6-2-3-7-39/h4-5,10-18,36H,2-3,6-9H2,1H3,(H,37,38). The van der Waals surface area contributed by atoms with Gasteiger partial charge in [0.25, 0.3) is 0 Å². The number of halogens is 1. The summed E-state index contributed by atoms with van der Waals surface area (Å²) in [7, 11) is 1.61. The number of aromatic nitrogens is 6. The van der Waals surface area contributed by atoms with E-state index in [4.69, 9.17) is 9.47 Å². The largest absolute Gasteiger partial charge is 0.495 e. The number of fused-ring (bicyclic) bond motifs is 2. The third-order valence-electron chi connectivity index (χ3n) is 7.51. The SMILES string of the molecule is COc1cncc(-c2cc3c(-c4cc5c(-c6cc(F)cc(OCCN7CCCC7)c6)nccc5[nH]4)n[nH]c3cn2)c1. The van der Waals surface area contributed by atoms with E-state index < -0.39 is 0 Å². The van der Waals surface area contributed by atoms with E-state index in [2.05, 4.69) is 35.0 Å². The smallest absolute Gasteiger partial charge is 0.137 e. The molecule has 1 aliphatic heterocycles. The summed E-state index contributed by atoms with van der Waals surface area (Å²) in [5.74, 6) is 0.794. The number of nitrogens with one attached hydrogen (secondary N) is 2. The van der Waals surface area contributed by atoms with Crippen molar-refractivity contribution in [3.05, 3.63) is 73.1 Å². The first kappa shape index (κ1) is 25.2. The quantitative estimate of drug-likeness (QED) is 0.245. The van der Waals surface area contributed by atoms with Gasteiger partial charge in [-0.25, -0.2) is 4.39 Å². The summed E-state index contributed by atoms with van der Waals surface area (Å²) in [5, 5.41) is 9.42. The van der Waals surface area contributed by atoms with Gasteiger partial charge in [-0.2, -0.15) is 5.10 Å². The van der Waals surface area contributed by atoms with E-state index in [1.165, 1.54) is 25.0 Å². The molecule has 1 aromatic carbocycles. The molecule has 0 saturated carbocycles. The molecule has 1 aliphatic rings. The second-order valence-electron chi connectivity index (χ2n) is 10.2. The van der Waals surface area contributed by atoms with E-state index in [0.717, 1.165) is 64.1 Å². The van der Waals surface area contributed by atoms with Crippen molar-refractivity contribution in [1.82, 2.24) is 35.0 Å². The second-order valence-corrected chi connectivity index (χ2v) is 10.2. The highest BCUT2D eigenvalue weighted by molar-refractivity contribution is 6.00. The number of likely N-dealkylation sites (tertiary alicyclic amines) is 1. The maximum absolute atomic E-state index is 14.7. The van der Waals surface area contributed by atoms with Gasteiger partial charge in [0.05, 0.1) is 42.1 Å². The van der Waals surface area contributed by atoms with Crippen molar-refractivity contribution in [2.24, 2.45) is 0 Å². The summed E-state index contributed by atoms with van der Waals surface area (Å²) in [4.78, 5) is 19.3. The van der Waals surface area contributed by atoms with Gasteiger partial charge in [-0.05, 0) is 62.3 Å². The highest BCUT2D eigenvalue weighted by Gasteiger charge is 2.17. The minimum absolute atomic E-state index is 0.362. The Kier molecular flexibility index (Phi) is 6.52. The zero-order chi connectivity index (χ0) is 27.8. The Morgan fingerprint density at radius 1 is 0.878 bits per heavy atom. The molecule has 1 fully saturated rings. The molecule has 0 unspecified atom stereocenters. The molecular weight excluding hydrogens is 521 g/mol. The maximum atomic E-state index is 14.7. The van der Waals surface area contributed by atoms with Gasteiger partial charge in [0.1, 0.15) is 29.6 Å². The lowest BCUT2D eigenvalue weighted by molar-refractivity contribution is 0.237. The molecule has 6 aromatic rings. The lowest BCUT2D eigenvalue weighted by Crippen LogP contribution is -2.25. The highest BCUT2D eigenvalue weighted by Crippen LogP contribution is 2.35. The Labute approximate surface area is 235 Å². The summed E-state index contributed by atoms with van der Waals surface area (Å²) in [6, 6.07) is 12.5. The Balaban J connectivity index is 1.23. The number of methoxy groups -OCH3 is 1. The Morgan fingerprint density at radius 2 is 1.73 bits per heavy atom. The molecule has 0 spiro atoms. The van der Waals surface area contributed by atoms with Crippen LogP contribution >= 0.6 is 0 Å². The highest BCUT2D eigenvalue weighted by atomic mass is 19.1. The second kappa shape index (κ2) is 10.6. The molecule has 9 nitrogen and oxygen atoms in total. The van der Waals surface area contributed by atoms with Crippen molar-refractivity contribution in [1.29, 1.82) is 0 Å². The van der Waals surface area contributed by atoms with Crippen LogP contribution in [0.25, 0.3) is 55.7 Å². The number of pyridine rings is 3. The van der Waals surface area contributed by atoms with Gasteiger partial charge >= 0.3 is 0 Å². The molecule has 206 valence electrons. The molecule has 0 aliphatic carbocycles. The predicted octanol–water partition coefficient (Wildman–Crippen LogP) is 5.85. The van der Waals surface area contributed by atoms with E-state index in [1.807, 2.05) is 30.3 Å². The van der Waals surface area contributed by atoms with Crippen LogP contribution in [0.2, 0.25) is 0 Å². The van der Waals surface area contributed by atoms with E-state index in [1.54, 1.807) is 31.9 Å². The molecule has 41 heavy (non-hydrogen) atoms. The fourth-order valence-corrected chi connectivity index (χ4v) is 5.44. The summed E-state index contributed by atoms with van der Waals surface area (Å²) >= 11 is 0. The van der Waals surface area contributed by atoms with Crippen LogP contribution in [-0.2, 0) is 0 Å². The molecule has 0 radical (unpaired) electrons. The van der Waals surface area contributed by atoms with Gasteiger partial charge in [0.15, 0.2) is 0 Å². The molecule has 7 rings (SSSR count). The van der Waals surface area contributed by atoms with Gasteiger partial charge in [0, 0.05) is 52.4 Å². The van der Waals surface area contributed by atoms with Crippen molar-refractivity contribution >= 4 is 21.8 Å². The molecule has 10 heteroatoms. The number of benzene rings is 1. The Hall–Kier alpha value is -4.83. The lowest BCUT2D eigenvalue weighted by Gasteiger charge is -2.15. The molecule has 5 aromatic heterocycles. The number of hydrogen-bond donors (Lipinski definition) is 2. The number of rotatable bonds is 8. The van der Waals surface area contributed by atoms with Gasteiger partial charge in [-0.15, -0.1) is 0 Å². The molecule has 1 saturated heterocycles. The van der Waals surface area contributed by atoms with Crippen molar-refractivity contribution in [2.75, 3.05) is 33.4 Å². The number of H-pyrrole nitrogens is 2. The van der Waals surface area contributed by atoms with Crippen LogP contribution in [-0.4, -0.2) is 68.4 Å². The number of aromatic amines is 2. The van der Waals surface area contributed by atoms with Crippen molar-refractivity contribution in [3.63, 3.8) is 0 Å². The Morgan fingerprint density at radius 3 is 2.61 bits per heavy atom. The fraction of sp³-hybridized carbons (Fsp3) is 0.226. The Bertz CT molecular complexity index is 1860. The minimum Gasteiger partial charge on any atom is -0.495 e. The van der Waals surface area contributed by atoms with Crippen LogP contribution in [0.1, 0.15) is 12.8 Å². The summed E-state index contributed by atoms with van der Waals surface area (Å²) in [5.41, 5.74) is 6.13. The van der Waals surface area contributed by atoms with E-state index in [-0.39, 0.29) is 5.82 Å². The van der Waals surface area contributed by atoms with Crippen molar-refractivity contribution in [2.45, 2.75) is 12.8 Å². The van der Waals surface area contributed by atoms with E-state index in [9.17, 15) is 4.39 Å². The van der Waals surface area contributed by atoms with E-state index in [0.29, 0.717) is 29.4 Å². The third-order valence-corrected chi connectivity index (χ3v) is 7.51. The number of nitrogens with zero attached hydrogens (tertiary/aromatic N) is 5. The van der Waals surface area contributed by atoms with Gasteiger partial charge < -0.3 is 14.5 Å². The van der Waals surface area contributed by atoms with E-state index >= 15 is 0 Å².